The Kier molecular flexibility index (Phi) is 6.27. The van der Waals surface area contributed by atoms with Gasteiger partial charge in [-0.2, -0.15) is 5.10 Å². The standard InChI is InChI=1S/C23H25FN6O3/c1-33-18-7-6-15(24)10-17(18)23(32)28-11-13-2-4-14(5-3-13)20-19(22(26)31)21(25)30(29-20)16-8-9-27-12-16/h2-7,10,16,27H,8-9,11-12,25H2,1H3,(H2,26,31)(H,28,32). The SMILES string of the molecule is COc1ccc(F)cc1C(=O)NCc1ccc(-c2nn(C3CCNC3)c(N)c2C(N)=O)cc1. The monoisotopic (exact) mass is 452 g/mol. The fourth-order valence-electron chi connectivity index (χ4n) is 3.93. The molecule has 1 fully saturated rings. The average molecular weight is 452 g/mol. The van der Waals surface area contributed by atoms with Crippen LogP contribution in [0.25, 0.3) is 11.3 Å². The molecule has 6 N–H and O–H groups in total. The Labute approximate surface area is 189 Å². The number of hydrogen-bond acceptors (Lipinski definition) is 6. The maximum Gasteiger partial charge on any atom is 0.255 e. The van der Waals surface area contributed by atoms with Crippen molar-refractivity contribution in [1.82, 2.24) is 20.4 Å². The molecule has 1 aromatic heterocycles. The molecule has 1 saturated heterocycles. The summed E-state index contributed by atoms with van der Waals surface area (Å²) in [5.41, 5.74) is 14.0. The van der Waals surface area contributed by atoms with Gasteiger partial charge in [0.2, 0.25) is 0 Å². The molecule has 33 heavy (non-hydrogen) atoms. The number of carbonyl (C=O) groups is 2. The number of hydrogen-bond donors (Lipinski definition) is 4. The second-order valence-corrected chi connectivity index (χ2v) is 7.79. The fourth-order valence-corrected chi connectivity index (χ4v) is 3.93. The minimum absolute atomic E-state index is 0.0613. The summed E-state index contributed by atoms with van der Waals surface area (Å²) in [5, 5.41) is 10.6. The predicted octanol–water partition coefficient (Wildman–Crippen LogP) is 1.84. The zero-order chi connectivity index (χ0) is 23.5. The number of carbonyl (C=O) groups excluding carboxylic acids is 2. The first kappa shape index (κ1) is 22.3. The Morgan fingerprint density at radius 1 is 1.27 bits per heavy atom. The van der Waals surface area contributed by atoms with Gasteiger partial charge in [0.1, 0.15) is 28.6 Å². The highest BCUT2D eigenvalue weighted by atomic mass is 19.1. The molecule has 0 spiro atoms. The van der Waals surface area contributed by atoms with Gasteiger partial charge in [0, 0.05) is 18.7 Å². The number of benzene rings is 2. The van der Waals surface area contributed by atoms with Crippen LogP contribution in [0.15, 0.2) is 42.5 Å². The van der Waals surface area contributed by atoms with Crippen molar-refractivity contribution in [3.8, 4) is 17.0 Å². The van der Waals surface area contributed by atoms with E-state index in [1.807, 2.05) is 0 Å². The number of rotatable bonds is 7. The molecule has 0 aliphatic carbocycles. The van der Waals surface area contributed by atoms with Crippen molar-refractivity contribution in [3.63, 3.8) is 0 Å². The third-order valence-corrected chi connectivity index (χ3v) is 5.66. The van der Waals surface area contributed by atoms with Crippen LogP contribution in [-0.4, -0.2) is 41.8 Å². The van der Waals surface area contributed by atoms with Gasteiger partial charge in [0.05, 0.1) is 18.7 Å². The van der Waals surface area contributed by atoms with Crippen LogP contribution in [0.3, 0.4) is 0 Å². The molecule has 2 heterocycles. The first-order valence-corrected chi connectivity index (χ1v) is 10.5. The number of nitrogens with two attached hydrogens (primary N) is 2. The van der Waals surface area contributed by atoms with E-state index in [2.05, 4.69) is 15.7 Å². The van der Waals surface area contributed by atoms with Crippen LogP contribution in [0.1, 0.15) is 38.7 Å². The van der Waals surface area contributed by atoms with E-state index in [4.69, 9.17) is 16.2 Å². The molecule has 1 atom stereocenters. The quantitative estimate of drug-likeness (QED) is 0.432. The fraction of sp³-hybridized carbons (Fsp3) is 0.261. The lowest BCUT2D eigenvalue weighted by molar-refractivity contribution is 0.0946. The molecule has 0 radical (unpaired) electrons. The average Bonchev–Trinajstić information content (AvgIpc) is 3.45. The van der Waals surface area contributed by atoms with Crippen molar-refractivity contribution in [1.29, 1.82) is 0 Å². The molecule has 10 heteroatoms. The van der Waals surface area contributed by atoms with Gasteiger partial charge < -0.3 is 26.8 Å². The van der Waals surface area contributed by atoms with Crippen molar-refractivity contribution in [2.75, 3.05) is 25.9 Å². The highest BCUT2D eigenvalue weighted by Gasteiger charge is 2.27. The number of ether oxygens (including phenoxy) is 1. The molecular formula is C23H25FN6O3. The van der Waals surface area contributed by atoms with E-state index in [1.54, 1.807) is 28.9 Å². The van der Waals surface area contributed by atoms with Crippen LogP contribution in [0.4, 0.5) is 10.2 Å². The summed E-state index contributed by atoms with van der Waals surface area (Å²) in [5.74, 6) is -1.08. The molecule has 9 nitrogen and oxygen atoms in total. The normalized spacial score (nSPS) is 15.4. The summed E-state index contributed by atoms with van der Waals surface area (Å²) < 4.78 is 20.3. The number of nitrogens with one attached hydrogen (secondary N) is 2. The lowest BCUT2D eigenvalue weighted by atomic mass is 10.0. The van der Waals surface area contributed by atoms with Crippen molar-refractivity contribution >= 4 is 17.6 Å². The minimum Gasteiger partial charge on any atom is -0.496 e. The van der Waals surface area contributed by atoms with Crippen molar-refractivity contribution < 1.29 is 18.7 Å². The number of methoxy groups -OCH3 is 1. The van der Waals surface area contributed by atoms with Crippen molar-refractivity contribution in [2.24, 2.45) is 5.73 Å². The Bertz CT molecular complexity index is 1190. The Morgan fingerprint density at radius 3 is 2.67 bits per heavy atom. The van der Waals surface area contributed by atoms with Crippen LogP contribution in [0.5, 0.6) is 5.75 Å². The van der Waals surface area contributed by atoms with E-state index < -0.39 is 17.6 Å². The van der Waals surface area contributed by atoms with Gasteiger partial charge >= 0.3 is 0 Å². The molecule has 1 unspecified atom stereocenters. The van der Waals surface area contributed by atoms with Crippen LogP contribution in [0, 0.1) is 5.82 Å². The molecule has 0 saturated carbocycles. The van der Waals surface area contributed by atoms with Gasteiger partial charge in [-0.1, -0.05) is 24.3 Å². The number of amides is 2. The summed E-state index contributed by atoms with van der Waals surface area (Å²) in [6.07, 6.45) is 0.859. The molecular weight excluding hydrogens is 427 g/mol. The molecule has 2 amide bonds. The number of nitrogens with zero attached hydrogens (tertiary/aromatic N) is 2. The molecule has 172 valence electrons. The third-order valence-electron chi connectivity index (χ3n) is 5.66. The van der Waals surface area contributed by atoms with E-state index in [0.717, 1.165) is 31.1 Å². The summed E-state index contributed by atoms with van der Waals surface area (Å²) in [7, 11) is 1.42. The zero-order valence-electron chi connectivity index (χ0n) is 18.1. The Morgan fingerprint density at radius 2 is 2.03 bits per heavy atom. The van der Waals surface area contributed by atoms with Crippen LogP contribution >= 0.6 is 0 Å². The first-order valence-electron chi connectivity index (χ1n) is 10.5. The summed E-state index contributed by atoms with van der Waals surface area (Å²) >= 11 is 0. The topological polar surface area (TPSA) is 137 Å². The second-order valence-electron chi connectivity index (χ2n) is 7.79. The second kappa shape index (κ2) is 9.29. The van der Waals surface area contributed by atoms with E-state index in [-0.39, 0.29) is 35.3 Å². The molecule has 4 rings (SSSR count). The minimum atomic E-state index is -0.639. The first-order chi connectivity index (χ1) is 15.9. The van der Waals surface area contributed by atoms with Gasteiger partial charge in [-0.3, -0.25) is 9.59 Å². The zero-order valence-corrected chi connectivity index (χ0v) is 18.1. The predicted molar refractivity (Wildman–Crippen MR) is 121 cm³/mol. The van der Waals surface area contributed by atoms with E-state index >= 15 is 0 Å². The maximum atomic E-state index is 13.5. The number of halogens is 1. The maximum absolute atomic E-state index is 13.5. The Hall–Kier alpha value is -3.92. The molecule has 0 bridgehead atoms. The van der Waals surface area contributed by atoms with Crippen molar-refractivity contribution in [3.05, 3.63) is 65.0 Å². The largest absolute Gasteiger partial charge is 0.496 e. The summed E-state index contributed by atoms with van der Waals surface area (Å²) in [6, 6.07) is 11.0. The summed E-state index contributed by atoms with van der Waals surface area (Å²) in [6.45, 7) is 1.79. The van der Waals surface area contributed by atoms with Crippen LogP contribution in [-0.2, 0) is 6.54 Å². The van der Waals surface area contributed by atoms with Crippen molar-refractivity contribution in [2.45, 2.75) is 19.0 Å². The Balaban J connectivity index is 1.52. The lowest BCUT2D eigenvalue weighted by Gasteiger charge is -2.10. The highest BCUT2D eigenvalue weighted by Crippen LogP contribution is 2.30. The van der Waals surface area contributed by atoms with E-state index in [0.29, 0.717) is 11.3 Å². The van der Waals surface area contributed by atoms with Gasteiger partial charge in [-0.15, -0.1) is 0 Å². The molecule has 1 aliphatic heterocycles. The molecule has 1 aliphatic rings. The number of aromatic nitrogens is 2. The van der Waals surface area contributed by atoms with Crippen LogP contribution < -0.4 is 26.8 Å². The molecule has 2 aromatic carbocycles. The molecule has 3 aromatic rings. The smallest absolute Gasteiger partial charge is 0.255 e. The number of primary amides is 1. The number of nitrogen functional groups attached to an aromatic ring is 1. The van der Waals surface area contributed by atoms with Gasteiger partial charge in [-0.05, 0) is 36.7 Å². The van der Waals surface area contributed by atoms with Gasteiger partial charge in [-0.25, -0.2) is 9.07 Å². The third kappa shape index (κ3) is 4.51. The van der Waals surface area contributed by atoms with E-state index in [9.17, 15) is 14.0 Å². The van der Waals surface area contributed by atoms with Gasteiger partial charge in [0.25, 0.3) is 11.8 Å². The lowest BCUT2D eigenvalue weighted by Crippen LogP contribution is -2.23. The highest BCUT2D eigenvalue weighted by molar-refractivity contribution is 6.03. The van der Waals surface area contributed by atoms with E-state index in [1.165, 1.54) is 19.2 Å². The van der Waals surface area contributed by atoms with Crippen LogP contribution in [0.2, 0.25) is 0 Å². The van der Waals surface area contributed by atoms with Gasteiger partial charge in [0.15, 0.2) is 0 Å². The summed E-state index contributed by atoms with van der Waals surface area (Å²) in [4.78, 5) is 24.6. The number of anilines is 1.